The van der Waals surface area contributed by atoms with E-state index in [0.717, 1.165) is 0 Å². The zero-order valence-electron chi connectivity index (χ0n) is 16.5. The van der Waals surface area contributed by atoms with E-state index in [4.69, 9.17) is 14.2 Å². The highest BCUT2D eigenvalue weighted by molar-refractivity contribution is 5.82. The molecule has 0 unspecified atom stereocenters. The molecule has 0 radical (unpaired) electrons. The van der Waals surface area contributed by atoms with Crippen LogP contribution in [0.15, 0.2) is 12.3 Å². The number of amides is 1. The molecule has 0 aromatic carbocycles. The van der Waals surface area contributed by atoms with E-state index >= 15 is 0 Å². The Morgan fingerprint density at radius 3 is 2.59 bits per heavy atom. The number of hydrogen-bond donors (Lipinski definition) is 2. The first-order valence-electron chi connectivity index (χ1n) is 8.74. The molecule has 1 amide bonds. The average Bonchev–Trinajstić information content (AvgIpc) is 2.95. The lowest BCUT2D eigenvalue weighted by Gasteiger charge is -2.19. The lowest BCUT2D eigenvalue weighted by molar-refractivity contribution is -0.146. The van der Waals surface area contributed by atoms with Gasteiger partial charge in [-0.15, -0.1) is 0 Å². The normalized spacial score (nSPS) is 11.2. The van der Waals surface area contributed by atoms with Crippen LogP contribution in [0.2, 0.25) is 0 Å². The predicted molar refractivity (Wildman–Crippen MR) is 99.7 cm³/mol. The number of alkyl carbamates (subject to hydrolysis) is 1. The van der Waals surface area contributed by atoms with Gasteiger partial charge in [0.2, 0.25) is 0 Å². The first-order valence-corrected chi connectivity index (χ1v) is 8.74. The van der Waals surface area contributed by atoms with Gasteiger partial charge < -0.3 is 29.4 Å². The van der Waals surface area contributed by atoms with E-state index in [9.17, 15) is 14.4 Å². The molecule has 0 fully saturated rings. The topological polar surface area (TPSA) is 108 Å². The second-order valence-electron chi connectivity index (χ2n) is 7.05. The van der Waals surface area contributed by atoms with Crippen molar-refractivity contribution >= 4 is 24.0 Å². The number of rotatable bonds is 10. The summed E-state index contributed by atoms with van der Waals surface area (Å²) >= 11 is 0. The van der Waals surface area contributed by atoms with E-state index in [1.165, 1.54) is 4.57 Å². The molecule has 0 bridgehead atoms. The molecule has 1 aromatic rings. The van der Waals surface area contributed by atoms with E-state index in [1.807, 2.05) is 13.8 Å². The summed E-state index contributed by atoms with van der Waals surface area (Å²) in [5.41, 5.74) is 0.328. The first kappa shape index (κ1) is 22.5. The minimum Gasteiger partial charge on any atom is -0.444 e. The van der Waals surface area contributed by atoms with Crippen LogP contribution in [0.3, 0.4) is 0 Å². The van der Waals surface area contributed by atoms with Crippen molar-refractivity contribution in [3.8, 4) is 0 Å². The Balaban J connectivity index is 2.44. The number of anilines is 1. The van der Waals surface area contributed by atoms with Crippen molar-refractivity contribution in [1.82, 2.24) is 9.88 Å². The average molecular weight is 383 g/mol. The first-order chi connectivity index (χ1) is 12.6. The van der Waals surface area contributed by atoms with Gasteiger partial charge in [-0.25, -0.2) is 4.79 Å². The van der Waals surface area contributed by atoms with Crippen molar-refractivity contribution in [2.24, 2.45) is 0 Å². The maximum Gasteiger partial charge on any atom is 0.408 e. The number of carbonyl (C=O) groups excluding carboxylic acids is 3. The molecule has 0 saturated heterocycles. The minimum absolute atomic E-state index is 0.135. The summed E-state index contributed by atoms with van der Waals surface area (Å²) < 4.78 is 17.0. The number of esters is 1. The molecule has 27 heavy (non-hydrogen) atoms. The number of carbonyl (C=O) groups is 3. The van der Waals surface area contributed by atoms with Gasteiger partial charge in [0.1, 0.15) is 17.8 Å². The molecule has 0 spiro atoms. The SMILES string of the molecule is CC(C)OCCNc1ccn(COC(=O)CNC(=O)OC(C)(C)C)c1C=O. The predicted octanol–water partition coefficient (Wildman–Crippen LogP) is 2.16. The molecule has 9 nitrogen and oxygen atoms in total. The van der Waals surface area contributed by atoms with Crippen LogP contribution in [-0.2, 0) is 25.7 Å². The number of nitrogens with one attached hydrogen (secondary N) is 2. The second-order valence-corrected chi connectivity index (χ2v) is 7.05. The molecule has 1 aromatic heterocycles. The molecule has 0 aliphatic carbocycles. The number of hydrogen-bond acceptors (Lipinski definition) is 7. The van der Waals surface area contributed by atoms with E-state index in [0.29, 0.717) is 30.8 Å². The maximum absolute atomic E-state index is 11.7. The summed E-state index contributed by atoms with van der Waals surface area (Å²) in [6.45, 7) is 9.63. The van der Waals surface area contributed by atoms with Crippen LogP contribution in [0, 0.1) is 0 Å². The summed E-state index contributed by atoms with van der Waals surface area (Å²) in [6.07, 6.45) is 1.74. The summed E-state index contributed by atoms with van der Waals surface area (Å²) in [7, 11) is 0. The molecule has 0 saturated carbocycles. The fraction of sp³-hybridized carbons (Fsp3) is 0.611. The molecule has 9 heteroatoms. The van der Waals surface area contributed by atoms with Crippen LogP contribution in [0.25, 0.3) is 0 Å². The van der Waals surface area contributed by atoms with Crippen molar-refractivity contribution in [3.63, 3.8) is 0 Å². The Morgan fingerprint density at radius 2 is 2.00 bits per heavy atom. The lowest BCUT2D eigenvalue weighted by atomic mass is 10.2. The molecule has 1 heterocycles. The molecule has 0 aliphatic rings. The van der Waals surface area contributed by atoms with E-state index in [1.54, 1.807) is 33.0 Å². The lowest BCUT2D eigenvalue weighted by Crippen LogP contribution is -2.36. The third kappa shape index (κ3) is 9.09. The van der Waals surface area contributed by atoms with Crippen molar-refractivity contribution in [2.75, 3.05) is 25.0 Å². The summed E-state index contributed by atoms with van der Waals surface area (Å²) in [6, 6.07) is 1.71. The van der Waals surface area contributed by atoms with Crippen LogP contribution < -0.4 is 10.6 Å². The third-order valence-electron chi connectivity index (χ3n) is 3.13. The van der Waals surface area contributed by atoms with Crippen LogP contribution >= 0.6 is 0 Å². The fourth-order valence-electron chi connectivity index (χ4n) is 2.01. The third-order valence-corrected chi connectivity index (χ3v) is 3.13. The highest BCUT2D eigenvalue weighted by Gasteiger charge is 2.17. The van der Waals surface area contributed by atoms with Crippen molar-refractivity contribution < 1.29 is 28.6 Å². The quantitative estimate of drug-likeness (QED) is 0.362. The Kier molecular flexibility index (Phi) is 8.80. The molecule has 152 valence electrons. The van der Waals surface area contributed by atoms with Crippen LogP contribution in [0.5, 0.6) is 0 Å². The van der Waals surface area contributed by atoms with Gasteiger partial charge >= 0.3 is 12.1 Å². The molecular weight excluding hydrogens is 354 g/mol. The largest absolute Gasteiger partial charge is 0.444 e. The highest BCUT2D eigenvalue weighted by Crippen LogP contribution is 2.15. The van der Waals surface area contributed by atoms with Gasteiger partial charge in [0.05, 0.1) is 18.4 Å². The summed E-state index contributed by atoms with van der Waals surface area (Å²) in [5, 5.41) is 5.41. The van der Waals surface area contributed by atoms with Gasteiger partial charge in [-0.05, 0) is 40.7 Å². The zero-order valence-corrected chi connectivity index (χ0v) is 16.5. The smallest absolute Gasteiger partial charge is 0.408 e. The summed E-state index contributed by atoms with van der Waals surface area (Å²) in [5.74, 6) is -0.647. The standard InChI is InChI=1S/C18H29N3O6/c1-13(2)25-9-7-19-14-6-8-21(15(14)11-22)12-26-16(23)10-20-17(24)27-18(3,4)5/h6,8,11,13,19H,7,9-10,12H2,1-5H3,(H,20,24). The van der Waals surface area contributed by atoms with Gasteiger partial charge in [0.15, 0.2) is 13.0 Å². The van der Waals surface area contributed by atoms with Gasteiger partial charge in [-0.1, -0.05) is 0 Å². The van der Waals surface area contributed by atoms with Crippen LogP contribution in [0.4, 0.5) is 10.5 Å². The van der Waals surface area contributed by atoms with Gasteiger partial charge in [0, 0.05) is 12.7 Å². The molecule has 0 atom stereocenters. The number of aromatic nitrogens is 1. The Morgan fingerprint density at radius 1 is 1.30 bits per heavy atom. The maximum atomic E-state index is 11.7. The van der Waals surface area contributed by atoms with Crippen molar-refractivity contribution in [2.45, 2.75) is 53.1 Å². The van der Waals surface area contributed by atoms with E-state index in [2.05, 4.69) is 10.6 Å². The molecular formula is C18H29N3O6. The number of nitrogens with zero attached hydrogens (tertiary/aromatic N) is 1. The van der Waals surface area contributed by atoms with E-state index in [-0.39, 0.29) is 19.4 Å². The zero-order chi connectivity index (χ0) is 20.4. The Labute approximate surface area is 159 Å². The minimum atomic E-state index is -0.705. The van der Waals surface area contributed by atoms with Crippen molar-refractivity contribution in [3.05, 3.63) is 18.0 Å². The van der Waals surface area contributed by atoms with Crippen LogP contribution in [-0.4, -0.2) is 54.3 Å². The molecule has 2 N–H and O–H groups in total. The Hall–Kier alpha value is -2.55. The molecule has 0 aliphatic heterocycles. The second kappa shape index (κ2) is 10.6. The van der Waals surface area contributed by atoms with Gasteiger partial charge in [0.25, 0.3) is 0 Å². The van der Waals surface area contributed by atoms with Crippen LogP contribution in [0.1, 0.15) is 45.1 Å². The van der Waals surface area contributed by atoms with Gasteiger partial charge in [-0.3, -0.25) is 9.59 Å². The van der Waals surface area contributed by atoms with Gasteiger partial charge in [-0.2, -0.15) is 0 Å². The number of aldehydes is 1. The Bertz CT molecular complexity index is 634. The summed E-state index contributed by atoms with van der Waals surface area (Å²) in [4.78, 5) is 34.6. The molecule has 1 rings (SSSR count). The fourth-order valence-corrected chi connectivity index (χ4v) is 2.01. The number of ether oxygens (including phenoxy) is 3. The van der Waals surface area contributed by atoms with E-state index < -0.39 is 17.7 Å². The van der Waals surface area contributed by atoms with Crippen molar-refractivity contribution in [1.29, 1.82) is 0 Å². The monoisotopic (exact) mass is 383 g/mol. The highest BCUT2D eigenvalue weighted by atomic mass is 16.6.